The van der Waals surface area contributed by atoms with Gasteiger partial charge in [-0.2, -0.15) is 13.2 Å². The van der Waals surface area contributed by atoms with E-state index in [1.165, 1.54) is 18.2 Å². The summed E-state index contributed by atoms with van der Waals surface area (Å²) < 4.78 is 88.1. The summed E-state index contributed by atoms with van der Waals surface area (Å²) in [6.07, 6.45) is -14.3. The summed E-state index contributed by atoms with van der Waals surface area (Å²) in [5, 5.41) is 48.0. The van der Waals surface area contributed by atoms with E-state index in [9.17, 15) is 46.8 Å². The van der Waals surface area contributed by atoms with Gasteiger partial charge in [0.2, 0.25) is 10.0 Å². The van der Waals surface area contributed by atoms with Crippen LogP contribution in [0.3, 0.4) is 0 Å². The SMILES string of the molecule is Cc1ccc(S(=O)(=O)N[C@H]2[C@H](O[C@H]3[C@@H](NC(=O)c4ccc(-c5ccccc5)cc4)[C@@H](CO)OC[C@@H]3N=C(N)Nc3cccc(C(F)(F)F)c3)O[C@H](CO)[C@@H](O)[C@@H]2O)cc1. The Morgan fingerprint density at radius 1 is 0.881 bits per heavy atom. The third-order valence-corrected chi connectivity index (χ3v) is 11.4. The van der Waals surface area contributed by atoms with Crippen LogP contribution in [0.4, 0.5) is 18.9 Å². The van der Waals surface area contributed by atoms with Crippen molar-refractivity contribution in [2.45, 2.75) is 72.9 Å². The van der Waals surface area contributed by atoms with E-state index >= 15 is 0 Å². The van der Waals surface area contributed by atoms with Gasteiger partial charge < -0.3 is 51.0 Å². The van der Waals surface area contributed by atoms with Crippen LogP contribution in [0.15, 0.2) is 113 Å². The molecule has 0 bridgehead atoms. The van der Waals surface area contributed by atoms with E-state index in [-0.39, 0.29) is 22.8 Å². The molecule has 0 radical (unpaired) electrons. The van der Waals surface area contributed by atoms with Crippen molar-refractivity contribution in [1.82, 2.24) is 10.0 Å². The molecule has 6 rings (SSSR count). The maximum Gasteiger partial charge on any atom is 0.416 e. The molecule has 4 aromatic rings. The summed E-state index contributed by atoms with van der Waals surface area (Å²) in [6, 6.07) is 21.6. The number of guanidine groups is 1. The molecule has 2 aliphatic rings. The number of hydrogen-bond donors (Lipinski definition) is 8. The van der Waals surface area contributed by atoms with Crippen molar-refractivity contribution in [3.8, 4) is 11.1 Å². The largest absolute Gasteiger partial charge is 0.416 e. The summed E-state index contributed by atoms with van der Waals surface area (Å²) in [4.78, 5) is 18.1. The van der Waals surface area contributed by atoms with E-state index in [0.29, 0.717) is 0 Å². The van der Waals surface area contributed by atoms with Crippen molar-refractivity contribution in [2.75, 3.05) is 25.1 Å². The van der Waals surface area contributed by atoms with Crippen molar-refractivity contribution in [2.24, 2.45) is 10.7 Å². The van der Waals surface area contributed by atoms with E-state index in [1.807, 2.05) is 30.3 Å². The Hall–Kier alpha value is -4.96. The molecule has 0 spiro atoms. The second kappa shape index (κ2) is 18.5. The molecule has 15 nitrogen and oxygen atoms in total. The van der Waals surface area contributed by atoms with Gasteiger partial charge >= 0.3 is 6.18 Å². The molecule has 4 aromatic carbocycles. The van der Waals surface area contributed by atoms with Gasteiger partial charge in [0, 0.05) is 11.3 Å². The van der Waals surface area contributed by atoms with Crippen LogP contribution >= 0.6 is 0 Å². The molecule has 0 aromatic heterocycles. The normalized spacial score (nSPS) is 26.6. The minimum Gasteiger partial charge on any atom is -0.394 e. The summed E-state index contributed by atoms with van der Waals surface area (Å²) in [6.45, 7) is -0.125. The zero-order chi connectivity index (χ0) is 42.5. The fourth-order valence-corrected chi connectivity index (χ4v) is 7.99. The Morgan fingerprint density at radius 3 is 2.19 bits per heavy atom. The molecule has 2 saturated heterocycles. The van der Waals surface area contributed by atoms with Crippen LogP contribution in [0.1, 0.15) is 21.5 Å². The lowest BCUT2D eigenvalue weighted by atomic mass is 9.93. The lowest BCUT2D eigenvalue weighted by Gasteiger charge is -2.47. The number of nitrogens with zero attached hydrogens (tertiary/aromatic N) is 1. The molecule has 2 aliphatic heterocycles. The van der Waals surface area contributed by atoms with Gasteiger partial charge in [0.25, 0.3) is 5.91 Å². The number of halogens is 3. The highest BCUT2D eigenvalue weighted by atomic mass is 32.2. The third kappa shape index (κ3) is 10.4. The van der Waals surface area contributed by atoms with Gasteiger partial charge in [-0.05, 0) is 60.5 Å². The Bertz CT molecular complexity index is 2180. The summed E-state index contributed by atoms with van der Waals surface area (Å²) in [5.74, 6) is -1.07. The molecule has 0 aliphatic carbocycles. The standard InChI is InChI=1S/C40H44F3N5O10S/c1-22-10-16-28(17-11-22)59(54,55)48-33-35(52)34(51)31(20-50)57-38(33)58-36-29(46-39(44)45-27-9-5-8-26(18-27)40(41,42)43)21-56-30(19-49)32(36)47-37(53)25-14-12-24(13-15-25)23-6-3-2-4-7-23/h2-18,29-36,38,48-52H,19-21H2,1H3,(H,47,53)(H3,44,45,46)/t29-,30+,31+,32-,33+,34+,35+,36+,38-/m0/s1. The monoisotopic (exact) mass is 843 g/mol. The van der Waals surface area contributed by atoms with Gasteiger partial charge in [0.15, 0.2) is 12.2 Å². The fourth-order valence-electron chi connectivity index (χ4n) is 6.75. The number of ether oxygens (including phenoxy) is 3. The number of alkyl halides is 3. The molecule has 19 heteroatoms. The Kier molecular flexibility index (Phi) is 13.7. The summed E-state index contributed by atoms with van der Waals surface area (Å²) >= 11 is 0. The van der Waals surface area contributed by atoms with E-state index in [2.05, 4.69) is 20.3 Å². The summed E-state index contributed by atoms with van der Waals surface area (Å²) in [7, 11) is -4.44. The van der Waals surface area contributed by atoms with Crippen LogP contribution in [-0.4, -0.2) is 115 Å². The van der Waals surface area contributed by atoms with Crippen LogP contribution in [0.5, 0.6) is 0 Å². The second-order valence-corrected chi connectivity index (χ2v) is 15.8. The number of nitrogens with two attached hydrogens (primary N) is 1. The van der Waals surface area contributed by atoms with Crippen LogP contribution in [0, 0.1) is 6.92 Å². The van der Waals surface area contributed by atoms with Gasteiger partial charge in [-0.1, -0.05) is 66.2 Å². The average molecular weight is 844 g/mol. The number of anilines is 1. The number of nitrogens with one attached hydrogen (secondary N) is 3. The minimum absolute atomic E-state index is 0.0728. The molecular weight excluding hydrogens is 800 g/mol. The number of aliphatic imine (C=N–C) groups is 1. The van der Waals surface area contributed by atoms with Crippen molar-refractivity contribution in [1.29, 1.82) is 0 Å². The number of sulfonamides is 1. The predicted molar refractivity (Wildman–Crippen MR) is 208 cm³/mol. The van der Waals surface area contributed by atoms with Crippen LogP contribution < -0.4 is 21.1 Å². The van der Waals surface area contributed by atoms with Gasteiger partial charge in [-0.15, -0.1) is 0 Å². The first-order valence-electron chi connectivity index (χ1n) is 18.4. The molecule has 0 unspecified atom stereocenters. The summed E-state index contributed by atoms with van der Waals surface area (Å²) in [5.41, 5.74) is 7.85. The highest BCUT2D eigenvalue weighted by Crippen LogP contribution is 2.32. The highest BCUT2D eigenvalue weighted by Gasteiger charge is 2.51. The minimum atomic E-state index is -4.66. The van der Waals surface area contributed by atoms with Crippen LogP contribution in [-0.2, 0) is 30.4 Å². The Morgan fingerprint density at radius 2 is 1.54 bits per heavy atom. The van der Waals surface area contributed by atoms with Crippen LogP contribution in [0.25, 0.3) is 11.1 Å². The molecular formula is C40H44F3N5O10S. The fraction of sp³-hybridized carbons (Fsp3) is 0.350. The maximum atomic E-state index is 13.9. The predicted octanol–water partition coefficient (Wildman–Crippen LogP) is 2.14. The van der Waals surface area contributed by atoms with Gasteiger partial charge in [0.1, 0.15) is 42.6 Å². The van der Waals surface area contributed by atoms with Crippen molar-refractivity contribution in [3.05, 3.63) is 120 Å². The Labute approximate surface area is 337 Å². The zero-order valence-corrected chi connectivity index (χ0v) is 32.3. The van der Waals surface area contributed by atoms with Crippen LogP contribution in [0.2, 0.25) is 0 Å². The molecule has 0 saturated carbocycles. The molecule has 9 N–H and O–H groups in total. The van der Waals surface area contributed by atoms with Crippen molar-refractivity contribution < 1.29 is 61.0 Å². The van der Waals surface area contributed by atoms with E-state index in [0.717, 1.165) is 34.9 Å². The average Bonchev–Trinajstić information content (AvgIpc) is 3.21. The first kappa shape index (κ1) is 43.6. The zero-order valence-electron chi connectivity index (χ0n) is 31.4. The number of benzene rings is 4. The van der Waals surface area contributed by atoms with Gasteiger partial charge in [0.05, 0.1) is 36.3 Å². The number of hydrogen-bond acceptors (Lipinski definition) is 11. The highest BCUT2D eigenvalue weighted by molar-refractivity contribution is 7.89. The first-order chi connectivity index (χ1) is 28.1. The number of carbonyl (C=O) groups excluding carboxylic acids is 1. The second-order valence-electron chi connectivity index (χ2n) is 14.0. The number of rotatable bonds is 12. The Balaban J connectivity index is 1.36. The first-order valence-corrected chi connectivity index (χ1v) is 19.9. The molecule has 59 heavy (non-hydrogen) atoms. The molecule has 1 amide bonds. The molecule has 9 atom stereocenters. The molecule has 2 heterocycles. The maximum absolute atomic E-state index is 13.9. The number of carbonyl (C=O) groups is 1. The number of aliphatic hydroxyl groups is 4. The van der Waals surface area contributed by atoms with Gasteiger partial charge in [-0.25, -0.2) is 18.1 Å². The lowest BCUT2D eigenvalue weighted by Crippen LogP contribution is -2.68. The molecule has 316 valence electrons. The lowest BCUT2D eigenvalue weighted by molar-refractivity contribution is -0.291. The molecule has 2 fully saturated rings. The van der Waals surface area contributed by atoms with E-state index in [1.54, 1.807) is 43.3 Å². The number of amides is 1. The van der Waals surface area contributed by atoms with E-state index < -0.39 is 102 Å². The topological polar surface area (TPSA) is 234 Å². The van der Waals surface area contributed by atoms with Gasteiger partial charge in [-0.3, -0.25) is 4.79 Å². The number of aryl methyl sites for hydroxylation is 1. The van der Waals surface area contributed by atoms with Crippen molar-refractivity contribution >= 4 is 27.6 Å². The smallest absolute Gasteiger partial charge is 0.394 e. The number of aliphatic hydroxyl groups excluding tert-OH is 4. The quantitative estimate of drug-likeness (QED) is 0.0758. The van der Waals surface area contributed by atoms with E-state index in [4.69, 9.17) is 19.9 Å². The van der Waals surface area contributed by atoms with Crippen molar-refractivity contribution in [3.63, 3.8) is 0 Å². The third-order valence-electron chi connectivity index (χ3n) is 9.91.